The number of hydrogen-bond donors (Lipinski definition) is 0. The number of carbonyl (C=O) groups excluding carboxylic acids is 1. The van der Waals surface area contributed by atoms with E-state index in [0.717, 1.165) is 0 Å². The van der Waals surface area contributed by atoms with Gasteiger partial charge in [0.25, 0.3) is 0 Å². The molecular weight excluding hydrogens is 314 g/mol. The first-order chi connectivity index (χ1) is 11.7. The minimum Gasteiger partial charge on any atom is -0.453 e. The SMILES string of the molecule is C#CCO[C@@H]1O[C@H](CN=[N+]=[N-])[C@@H](OC(=O)c2ccccc2)[C@H]1OC. The van der Waals surface area contributed by atoms with Crippen molar-refractivity contribution in [3.63, 3.8) is 0 Å². The summed E-state index contributed by atoms with van der Waals surface area (Å²) in [7, 11) is 1.44. The molecule has 0 aliphatic carbocycles. The quantitative estimate of drug-likeness (QED) is 0.250. The highest BCUT2D eigenvalue weighted by molar-refractivity contribution is 5.89. The smallest absolute Gasteiger partial charge is 0.338 e. The van der Waals surface area contributed by atoms with E-state index in [1.165, 1.54) is 7.11 Å². The lowest BCUT2D eigenvalue weighted by molar-refractivity contribution is -0.162. The highest BCUT2D eigenvalue weighted by Gasteiger charge is 2.48. The second-order valence-corrected chi connectivity index (χ2v) is 4.91. The molecule has 0 spiro atoms. The van der Waals surface area contributed by atoms with Gasteiger partial charge in [0.05, 0.1) is 12.1 Å². The molecule has 8 heteroatoms. The molecule has 24 heavy (non-hydrogen) atoms. The summed E-state index contributed by atoms with van der Waals surface area (Å²) in [6.07, 6.45) is 2.18. The van der Waals surface area contributed by atoms with Crippen molar-refractivity contribution in [1.82, 2.24) is 0 Å². The van der Waals surface area contributed by atoms with Gasteiger partial charge in [-0.05, 0) is 17.7 Å². The molecule has 1 aromatic carbocycles. The van der Waals surface area contributed by atoms with Crippen LogP contribution in [-0.2, 0) is 18.9 Å². The van der Waals surface area contributed by atoms with Gasteiger partial charge < -0.3 is 18.9 Å². The van der Waals surface area contributed by atoms with Crippen molar-refractivity contribution >= 4 is 5.97 Å². The van der Waals surface area contributed by atoms with E-state index in [-0.39, 0.29) is 13.2 Å². The highest BCUT2D eigenvalue weighted by atomic mass is 16.7. The summed E-state index contributed by atoms with van der Waals surface area (Å²) in [5.74, 6) is 1.80. The largest absolute Gasteiger partial charge is 0.453 e. The van der Waals surface area contributed by atoms with Crippen LogP contribution in [0.25, 0.3) is 10.4 Å². The minimum atomic E-state index is -0.821. The van der Waals surface area contributed by atoms with Gasteiger partial charge in [0.1, 0.15) is 18.8 Å². The predicted molar refractivity (Wildman–Crippen MR) is 83.9 cm³/mol. The molecule has 0 saturated carbocycles. The molecule has 2 rings (SSSR count). The topological polar surface area (TPSA) is 103 Å². The number of azide groups is 1. The van der Waals surface area contributed by atoms with E-state index in [0.29, 0.717) is 5.56 Å². The maximum atomic E-state index is 12.3. The van der Waals surface area contributed by atoms with Crippen LogP contribution in [-0.4, -0.2) is 50.8 Å². The summed E-state index contributed by atoms with van der Waals surface area (Å²) in [6, 6.07) is 8.52. The van der Waals surface area contributed by atoms with Crippen molar-refractivity contribution in [3.05, 3.63) is 46.3 Å². The van der Waals surface area contributed by atoms with Gasteiger partial charge >= 0.3 is 5.97 Å². The number of esters is 1. The fraction of sp³-hybridized carbons (Fsp3) is 0.438. The van der Waals surface area contributed by atoms with E-state index in [4.69, 9.17) is 30.9 Å². The monoisotopic (exact) mass is 331 g/mol. The van der Waals surface area contributed by atoms with E-state index < -0.39 is 30.6 Å². The summed E-state index contributed by atoms with van der Waals surface area (Å²) >= 11 is 0. The number of hydrogen-bond acceptors (Lipinski definition) is 6. The van der Waals surface area contributed by atoms with Gasteiger partial charge in [0.15, 0.2) is 12.4 Å². The molecule has 0 unspecified atom stereocenters. The van der Waals surface area contributed by atoms with Crippen LogP contribution in [0, 0.1) is 12.3 Å². The van der Waals surface area contributed by atoms with Crippen LogP contribution in [0.3, 0.4) is 0 Å². The second kappa shape index (κ2) is 8.91. The molecule has 8 nitrogen and oxygen atoms in total. The lowest BCUT2D eigenvalue weighted by atomic mass is 10.1. The third kappa shape index (κ3) is 4.25. The molecule has 0 amide bonds. The van der Waals surface area contributed by atoms with Crippen LogP contribution in [0.2, 0.25) is 0 Å². The Morgan fingerprint density at radius 3 is 2.79 bits per heavy atom. The average Bonchev–Trinajstić information content (AvgIpc) is 2.95. The summed E-state index contributed by atoms with van der Waals surface area (Å²) in [5.41, 5.74) is 8.90. The molecule has 1 aromatic rings. The highest BCUT2D eigenvalue weighted by Crippen LogP contribution is 2.28. The van der Waals surface area contributed by atoms with Crippen LogP contribution in [0.5, 0.6) is 0 Å². The molecule has 1 aliphatic rings. The molecule has 1 saturated heterocycles. The number of methoxy groups -OCH3 is 1. The van der Waals surface area contributed by atoms with Crippen molar-refractivity contribution < 1.29 is 23.7 Å². The molecule has 1 fully saturated rings. The summed E-state index contributed by atoms with van der Waals surface area (Å²) in [5, 5.41) is 3.48. The molecule has 0 radical (unpaired) electrons. The number of carbonyl (C=O) groups is 1. The zero-order valence-electron chi connectivity index (χ0n) is 13.1. The zero-order chi connectivity index (χ0) is 17.4. The van der Waals surface area contributed by atoms with Crippen LogP contribution < -0.4 is 0 Å². The first kappa shape index (κ1) is 17.8. The molecular formula is C16H17N3O5. The van der Waals surface area contributed by atoms with Crippen molar-refractivity contribution in [2.24, 2.45) is 5.11 Å². The first-order valence-corrected chi connectivity index (χ1v) is 7.21. The fourth-order valence-electron chi connectivity index (χ4n) is 2.38. The number of nitrogens with zero attached hydrogens (tertiary/aromatic N) is 3. The Hall–Kier alpha value is -2.56. The number of rotatable bonds is 7. The minimum absolute atomic E-state index is 0.0120. The van der Waals surface area contributed by atoms with Crippen LogP contribution in [0.1, 0.15) is 10.4 Å². The maximum absolute atomic E-state index is 12.3. The molecule has 0 N–H and O–H groups in total. The van der Waals surface area contributed by atoms with Crippen molar-refractivity contribution in [3.8, 4) is 12.3 Å². The molecule has 126 valence electrons. The van der Waals surface area contributed by atoms with Crippen molar-refractivity contribution in [1.29, 1.82) is 0 Å². The molecule has 1 heterocycles. The van der Waals surface area contributed by atoms with E-state index in [1.807, 2.05) is 0 Å². The van der Waals surface area contributed by atoms with Crippen LogP contribution in [0.4, 0.5) is 0 Å². The number of terminal acetylenes is 1. The van der Waals surface area contributed by atoms with Gasteiger partial charge in [-0.1, -0.05) is 29.2 Å². The molecule has 0 bridgehead atoms. The van der Waals surface area contributed by atoms with Gasteiger partial charge in [-0.3, -0.25) is 0 Å². The lowest BCUT2D eigenvalue weighted by Gasteiger charge is -2.22. The van der Waals surface area contributed by atoms with E-state index in [1.54, 1.807) is 30.3 Å². The van der Waals surface area contributed by atoms with Gasteiger partial charge in [-0.15, -0.1) is 6.42 Å². The van der Waals surface area contributed by atoms with E-state index in [2.05, 4.69) is 15.9 Å². The Bertz CT molecular complexity index is 639. The van der Waals surface area contributed by atoms with Gasteiger partial charge in [0, 0.05) is 12.0 Å². The van der Waals surface area contributed by atoms with E-state index in [9.17, 15) is 4.79 Å². The number of benzene rings is 1. The normalized spacial score (nSPS) is 25.5. The Kier molecular flexibility index (Phi) is 6.61. The molecule has 0 aromatic heterocycles. The maximum Gasteiger partial charge on any atom is 0.338 e. The van der Waals surface area contributed by atoms with Gasteiger partial charge in [0.2, 0.25) is 0 Å². The Morgan fingerprint density at radius 2 is 2.17 bits per heavy atom. The fourth-order valence-corrected chi connectivity index (χ4v) is 2.38. The third-order valence-electron chi connectivity index (χ3n) is 3.45. The Balaban J connectivity index is 2.15. The van der Waals surface area contributed by atoms with Crippen molar-refractivity contribution in [2.75, 3.05) is 20.3 Å². The molecule has 4 atom stereocenters. The van der Waals surface area contributed by atoms with Crippen LogP contribution in [0.15, 0.2) is 35.4 Å². The standard InChI is InChI=1S/C16H17N3O5/c1-3-9-22-16-14(21-2)13(12(23-16)10-18-19-17)24-15(20)11-7-5-4-6-8-11/h1,4-8,12-14,16H,9-10H2,2H3/t12-,13-,14-,16-/m1/s1. The Morgan fingerprint density at radius 1 is 1.42 bits per heavy atom. The summed E-state index contributed by atoms with van der Waals surface area (Å²) in [4.78, 5) is 15.0. The number of ether oxygens (including phenoxy) is 4. The Labute approximate surface area is 139 Å². The van der Waals surface area contributed by atoms with Gasteiger partial charge in [-0.2, -0.15) is 0 Å². The summed E-state index contributed by atoms with van der Waals surface area (Å²) < 4.78 is 21.9. The van der Waals surface area contributed by atoms with Gasteiger partial charge in [-0.25, -0.2) is 4.79 Å². The third-order valence-corrected chi connectivity index (χ3v) is 3.45. The first-order valence-electron chi connectivity index (χ1n) is 7.21. The summed E-state index contributed by atoms with van der Waals surface area (Å²) in [6.45, 7) is -0.0167. The average molecular weight is 331 g/mol. The van der Waals surface area contributed by atoms with E-state index >= 15 is 0 Å². The molecule has 1 aliphatic heterocycles. The lowest BCUT2D eigenvalue weighted by Crippen LogP contribution is -2.40. The zero-order valence-corrected chi connectivity index (χ0v) is 13.1. The predicted octanol–water partition coefficient (Wildman–Crippen LogP) is 1.91. The second-order valence-electron chi connectivity index (χ2n) is 4.91. The van der Waals surface area contributed by atoms with Crippen LogP contribution >= 0.6 is 0 Å². The van der Waals surface area contributed by atoms with Crippen molar-refractivity contribution in [2.45, 2.75) is 24.6 Å².